The van der Waals surface area contributed by atoms with Crippen LogP contribution in [0.2, 0.25) is 0 Å². The fraction of sp³-hybridized carbons (Fsp3) is 0.429. The summed E-state index contributed by atoms with van der Waals surface area (Å²) in [4.78, 5) is 25.8. The van der Waals surface area contributed by atoms with E-state index >= 15 is 0 Å². The van der Waals surface area contributed by atoms with Crippen molar-refractivity contribution in [2.45, 2.75) is 46.5 Å². The van der Waals surface area contributed by atoms with E-state index in [4.69, 9.17) is 4.74 Å². The number of benzene rings is 1. The predicted molar refractivity (Wildman–Crippen MR) is 107 cm³/mol. The fourth-order valence-corrected chi connectivity index (χ4v) is 3.91. The van der Waals surface area contributed by atoms with Crippen molar-refractivity contribution in [3.05, 3.63) is 52.4 Å². The molecule has 140 valence electrons. The standard InChI is InChI=1S/C21H27NO3S/c1-5-10-14(3)19(23)22-20-17(21(24)25-6-2)13-18(26-20)15(4)16-11-8-7-9-12-16/h7-9,11-15H,5-6,10H2,1-4H3,(H,22,23). The van der Waals surface area contributed by atoms with Gasteiger partial charge in [-0.1, -0.05) is 57.5 Å². The summed E-state index contributed by atoms with van der Waals surface area (Å²) in [5, 5.41) is 3.52. The first-order valence-electron chi connectivity index (χ1n) is 9.14. The van der Waals surface area contributed by atoms with Gasteiger partial charge in [0.1, 0.15) is 5.00 Å². The van der Waals surface area contributed by atoms with Crippen molar-refractivity contribution in [3.8, 4) is 0 Å². The maximum Gasteiger partial charge on any atom is 0.341 e. The Labute approximate surface area is 159 Å². The van der Waals surface area contributed by atoms with Crippen molar-refractivity contribution in [2.24, 2.45) is 5.92 Å². The highest BCUT2D eigenvalue weighted by Gasteiger charge is 2.23. The van der Waals surface area contributed by atoms with Crippen molar-refractivity contribution in [1.29, 1.82) is 0 Å². The van der Waals surface area contributed by atoms with Crippen molar-refractivity contribution >= 4 is 28.2 Å². The van der Waals surface area contributed by atoms with E-state index in [2.05, 4.69) is 31.3 Å². The van der Waals surface area contributed by atoms with Gasteiger partial charge in [0.15, 0.2) is 0 Å². The minimum absolute atomic E-state index is 0.0573. The molecule has 0 saturated carbocycles. The van der Waals surface area contributed by atoms with Crippen LogP contribution in [0, 0.1) is 5.92 Å². The zero-order valence-corrected chi connectivity index (χ0v) is 16.7. The first-order chi connectivity index (χ1) is 12.5. The first-order valence-corrected chi connectivity index (χ1v) is 9.96. The lowest BCUT2D eigenvalue weighted by molar-refractivity contribution is -0.119. The summed E-state index contributed by atoms with van der Waals surface area (Å²) in [5.74, 6) is -0.410. The van der Waals surface area contributed by atoms with Crippen LogP contribution in [0.15, 0.2) is 36.4 Å². The van der Waals surface area contributed by atoms with Gasteiger partial charge in [-0.15, -0.1) is 11.3 Å². The average molecular weight is 374 g/mol. The Hall–Kier alpha value is -2.14. The number of hydrogen-bond acceptors (Lipinski definition) is 4. The lowest BCUT2D eigenvalue weighted by atomic mass is 9.99. The molecule has 1 aromatic carbocycles. The number of carbonyl (C=O) groups excluding carboxylic acids is 2. The molecule has 0 bridgehead atoms. The molecule has 4 nitrogen and oxygen atoms in total. The highest BCUT2D eigenvalue weighted by atomic mass is 32.1. The van der Waals surface area contributed by atoms with Gasteiger partial charge in [0.05, 0.1) is 12.2 Å². The van der Waals surface area contributed by atoms with E-state index in [1.54, 1.807) is 6.92 Å². The molecule has 0 saturated heterocycles. The molecule has 1 aromatic heterocycles. The van der Waals surface area contributed by atoms with Crippen molar-refractivity contribution in [1.82, 2.24) is 0 Å². The number of amides is 1. The van der Waals surface area contributed by atoms with Crippen LogP contribution in [-0.4, -0.2) is 18.5 Å². The molecule has 1 N–H and O–H groups in total. The normalized spacial score (nSPS) is 13.1. The third-order valence-electron chi connectivity index (χ3n) is 4.38. The molecule has 2 rings (SSSR count). The smallest absolute Gasteiger partial charge is 0.341 e. The third-order valence-corrected chi connectivity index (χ3v) is 5.61. The molecular formula is C21H27NO3S. The molecule has 2 atom stereocenters. The van der Waals surface area contributed by atoms with Crippen molar-refractivity contribution < 1.29 is 14.3 Å². The summed E-state index contributed by atoms with van der Waals surface area (Å²) < 4.78 is 5.17. The monoisotopic (exact) mass is 373 g/mol. The number of anilines is 1. The Balaban J connectivity index is 2.31. The van der Waals surface area contributed by atoms with Crippen LogP contribution in [0.25, 0.3) is 0 Å². The highest BCUT2D eigenvalue weighted by Crippen LogP contribution is 2.36. The van der Waals surface area contributed by atoms with Gasteiger partial charge in [-0.25, -0.2) is 4.79 Å². The predicted octanol–water partition coefficient (Wildman–Crippen LogP) is 5.45. The summed E-state index contributed by atoms with van der Waals surface area (Å²) in [6.07, 6.45) is 1.76. The van der Waals surface area contributed by atoms with Gasteiger partial charge in [0.25, 0.3) is 0 Å². The summed E-state index contributed by atoms with van der Waals surface area (Å²) in [7, 11) is 0. The molecular weight excluding hydrogens is 346 g/mol. The van der Waals surface area contributed by atoms with E-state index in [1.165, 1.54) is 16.9 Å². The Bertz CT molecular complexity index is 739. The molecule has 5 heteroatoms. The second-order valence-corrected chi connectivity index (χ2v) is 7.51. The van der Waals surface area contributed by atoms with Gasteiger partial charge in [0.2, 0.25) is 5.91 Å². The molecule has 2 aromatic rings. The number of carbonyl (C=O) groups is 2. The van der Waals surface area contributed by atoms with E-state index in [0.717, 1.165) is 17.7 Å². The third kappa shape index (κ3) is 4.94. The summed E-state index contributed by atoms with van der Waals surface area (Å²) in [6, 6.07) is 12.0. The SMILES string of the molecule is CCCC(C)C(=O)Nc1sc(C(C)c2ccccc2)cc1C(=O)OCC. The second-order valence-electron chi connectivity index (χ2n) is 6.42. The van der Waals surface area contributed by atoms with E-state index in [1.807, 2.05) is 31.2 Å². The van der Waals surface area contributed by atoms with Gasteiger partial charge in [-0.2, -0.15) is 0 Å². The van der Waals surface area contributed by atoms with Crippen LogP contribution in [0.3, 0.4) is 0 Å². The van der Waals surface area contributed by atoms with Gasteiger partial charge < -0.3 is 10.1 Å². The van der Waals surface area contributed by atoms with E-state index in [0.29, 0.717) is 17.2 Å². The van der Waals surface area contributed by atoms with Crippen molar-refractivity contribution in [3.63, 3.8) is 0 Å². The largest absolute Gasteiger partial charge is 0.462 e. The number of hydrogen-bond donors (Lipinski definition) is 1. The quantitative estimate of drug-likeness (QED) is 0.626. The molecule has 0 fully saturated rings. The topological polar surface area (TPSA) is 55.4 Å². The van der Waals surface area contributed by atoms with Gasteiger partial charge in [-0.3, -0.25) is 4.79 Å². The van der Waals surface area contributed by atoms with Crippen LogP contribution in [-0.2, 0) is 9.53 Å². The number of ether oxygens (including phenoxy) is 1. The zero-order valence-electron chi connectivity index (χ0n) is 15.9. The van der Waals surface area contributed by atoms with Crippen LogP contribution >= 0.6 is 11.3 Å². The molecule has 0 spiro atoms. The molecule has 1 heterocycles. The maximum atomic E-state index is 12.4. The maximum absolute atomic E-state index is 12.4. The van der Waals surface area contributed by atoms with Gasteiger partial charge >= 0.3 is 5.97 Å². The molecule has 0 aliphatic rings. The summed E-state index contributed by atoms with van der Waals surface area (Å²) in [6.45, 7) is 8.14. The van der Waals surface area contributed by atoms with E-state index in [9.17, 15) is 9.59 Å². The summed E-state index contributed by atoms with van der Waals surface area (Å²) >= 11 is 1.45. The van der Waals surface area contributed by atoms with Crippen LogP contribution in [0.4, 0.5) is 5.00 Å². The fourth-order valence-electron chi connectivity index (χ4n) is 2.78. The van der Waals surface area contributed by atoms with E-state index < -0.39 is 5.97 Å². The van der Waals surface area contributed by atoms with Crippen LogP contribution in [0.1, 0.15) is 67.3 Å². The molecule has 2 unspecified atom stereocenters. The molecule has 0 aliphatic heterocycles. The number of rotatable bonds is 8. The number of nitrogens with one attached hydrogen (secondary N) is 1. The average Bonchev–Trinajstić information content (AvgIpc) is 3.06. The highest BCUT2D eigenvalue weighted by molar-refractivity contribution is 7.16. The van der Waals surface area contributed by atoms with Crippen LogP contribution < -0.4 is 5.32 Å². The van der Waals surface area contributed by atoms with Crippen molar-refractivity contribution in [2.75, 3.05) is 11.9 Å². The number of thiophene rings is 1. The zero-order chi connectivity index (χ0) is 19.1. The molecule has 1 amide bonds. The van der Waals surface area contributed by atoms with Gasteiger partial charge in [-0.05, 0) is 25.0 Å². The molecule has 0 radical (unpaired) electrons. The summed E-state index contributed by atoms with van der Waals surface area (Å²) in [5.41, 5.74) is 1.60. The first kappa shape index (κ1) is 20.2. The Morgan fingerprint density at radius 2 is 1.85 bits per heavy atom. The van der Waals surface area contributed by atoms with Gasteiger partial charge in [0, 0.05) is 16.7 Å². The Kier molecular flexibility index (Phi) is 7.39. The minimum atomic E-state index is -0.395. The Morgan fingerprint density at radius 3 is 2.46 bits per heavy atom. The molecule has 26 heavy (non-hydrogen) atoms. The lowest BCUT2D eigenvalue weighted by Gasteiger charge is -2.11. The number of esters is 1. The lowest BCUT2D eigenvalue weighted by Crippen LogP contribution is -2.21. The molecule has 0 aliphatic carbocycles. The van der Waals surface area contributed by atoms with Crippen LogP contribution in [0.5, 0.6) is 0 Å². The Morgan fingerprint density at radius 1 is 1.15 bits per heavy atom. The second kappa shape index (κ2) is 9.53. The minimum Gasteiger partial charge on any atom is -0.462 e. The van der Waals surface area contributed by atoms with E-state index in [-0.39, 0.29) is 17.7 Å².